The van der Waals surface area contributed by atoms with Gasteiger partial charge < -0.3 is 5.73 Å². The highest BCUT2D eigenvalue weighted by Crippen LogP contribution is 2.31. The molecule has 3 rings (SSSR count). The number of nitrogens with two attached hydrogens (primary N) is 1. The van der Waals surface area contributed by atoms with Crippen molar-refractivity contribution < 1.29 is 4.39 Å². The third-order valence-electron chi connectivity index (χ3n) is 3.51. The summed E-state index contributed by atoms with van der Waals surface area (Å²) < 4.78 is 13.1. The van der Waals surface area contributed by atoms with Crippen LogP contribution in [-0.2, 0) is 13.1 Å². The fourth-order valence-electron chi connectivity index (χ4n) is 2.30. The van der Waals surface area contributed by atoms with Crippen molar-refractivity contribution in [1.82, 2.24) is 4.90 Å². The first kappa shape index (κ1) is 12.6. The van der Waals surface area contributed by atoms with Crippen molar-refractivity contribution in [2.45, 2.75) is 32.0 Å². The van der Waals surface area contributed by atoms with E-state index < -0.39 is 0 Å². The first-order valence-corrected chi connectivity index (χ1v) is 7.45. The van der Waals surface area contributed by atoms with Crippen molar-refractivity contribution in [2.24, 2.45) is 0 Å². The van der Waals surface area contributed by atoms with Gasteiger partial charge in [0.1, 0.15) is 5.82 Å². The van der Waals surface area contributed by atoms with E-state index in [0.717, 1.165) is 18.7 Å². The molecule has 1 fully saturated rings. The average Bonchev–Trinajstić information content (AvgIpc) is 3.10. The Morgan fingerprint density at radius 3 is 2.74 bits per heavy atom. The molecule has 0 amide bonds. The van der Waals surface area contributed by atoms with Gasteiger partial charge in [-0.3, -0.25) is 4.90 Å². The Balaban J connectivity index is 1.74. The highest BCUT2D eigenvalue weighted by atomic mass is 32.1. The number of thiophene rings is 1. The molecule has 2 N–H and O–H groups in total. The SMILES string of the molecule is Nc1cc(F)ccc1CN(Cc1ccsc1)C1CC1. The lowest BCUT2D eigenvalue weighted by molar-refractivity contribution is 0.246. The lowest BCUT2D eigenvalue weighted by atomic mass is 10.1. The van der Waals surface area contributed by atoms with Crippen molar-refractivity contribution in [3.8, 4) is 0 Å². The summed E-state index contributed by atoms with van der Waals surface area (Å²) in [4.78, 5) is 2.44. The Morgan fingerprint density at radius 2 is 2.11 bits per heavy atom. The Bertz CT molecular complexity index is 549. The van der Waals surface area contributed by atoms with E-state index in [0.29, 0.717) is 11.7 Å². The van der Waals surface area contributed by atoms with E-state index in [9.17, 15) is 4.39 Å². The van der Waals surface area contributed by atoms with Crippen molar-refractivity contribution in [1.29, 1.82) is 0 Å². The predicted molar refractivity (Wildman–Crippen MR) is 77.4 cm³/mol. The van der Waals surface area contributed by atoms with Gasteiger partial charge in [-0.1, -0.05) is 6.07 Å². The second-order valence-electron chi connectivity index (χ2n) is 5.11. The van der Waals surface area contributed by atoms with Crippen LogP contribution in [0.4, 0.5) is 10.1 Å². The number of anilines is 1. The minimum atomic E-state index is -0.267. The van der Waals surface area contributed by atoms with E-state index in [-0.39, 0.29) is 5.82 Å². The number of nitrogens with zero attached hydrogens (tertiary/aromatic N) is 1. The lowest BCUT2D eigenvalue weighted by Gasteiger charge is -2.22. The van der Waals surface area contributed by atoms with Gasteiger partial charge in [-0.25, -0.2) is 4.39 Å². The third kappa shape index (κ3) is 3.14. The largest absolute Gasteiger partial charge is 0.398 e. The average molecular weight is 276 g/mol. The highest BCUT2D eigenvalue weighted by Gasteiger charge is 2.29. The number of rotatable bonds is 5. The van der Waals surface area contributed by atoms with Gasteiger partial charge >= 0.3 is 0 Å². The lowest BCUT2D eigenvalue weighted by Crippen LogP contribution is -2.25. The quantitative estimate of drug-likeness (QED) is 0.845. The molecule has 4 heteroatoms. The van der Waals surface area contributed by atoms with Crippen LogP contribution in [0.25, 0.3) is 0 Å². The Morgan fingerprint density at radius 1 is 1.26 bits per heavy atom. The smallest absolute Gasteiger partial charge is 0.125 e. The van der Waals surface area contributed by atoms with Gasteiger partial charge in [-0.2, -0.15) is 11.3 Å². The fourth-order valence-corrected chi connectivity index (χ4v) is 2.96. The molecule has 2 nitrogen and oxygen atoms in total. The van der Waals surface area contributed by atoms with Crippen molar-refractivity contribution in [3.05, 3.63) is 52.0 Å². The third-order valence-corrected chi connectivity index (χ3v) is 4.24. The molecule has 0 atom stereocenters. The molecule has 19 heavy (non-hydrogen) atoms. The maximum atomic E-state index is 13.1. The van der Waals surface area contributed by atoms with E-state index in [4.69, 9.17) is 5.73 Å². The van der Waals surface area contributed by atoms with E-state index in [2.05, 4.69) is 21.7 Å². The molecular weight excluding hydrogens is 259 g/mol. The van der Waals surface area contributed by atoms with E-state index in [1.54, 1.807) is 17.4 Å². The maximum absolute atomic E-state index is 13.1. The first-order chi connectivity index (χ1) is 9.22. The van der Waals surface area contributed by atoms with E-state index in [1.165, 1.54) is 30.5 Å². The van der Waals surface area contributed by atoms with Crippen LogP contribution in [0.1, 0.15) is 24.0 Å². The molecule has 1 aliphatic rings. The Labute approximate surface area is 116 Å². The summed E-state index contributed by atoms with van der Waals surface area (Å²) in [6.07, 6.45) is 2.51. The highest BCUT2D eigenvalue weighted by molar-refractivity contribution is 7.07. The first-order valence-electron chi connectivity index (χ1n) is 6.51. The molecule has 0 unspecified atom stereocenters. The number of halogens is 1. The standard InChI is InChI=1S/C15H17FN2S/c16-13-2-1-12(15(17)7-13)9-18(14-3-4-14)8-11-5-6-19-10-11/h1-2,5-7,10,14H,3-4,8-9,17H2. The number of nitrogen functional groups attached to an aromatic ring is 1. The van der Waals surface area contributed by atoms with Gasteiger partial charge in [0.05, 0.1) is 0 Å². The molecule has 0 spiro atoms. The van der Waals surface area contributed by atoms with Gasteiger partial charge in [-0.05, 0) is 52.9 Å². The predicted octanol–water partition coefficient (Wildman–Crippen LogP) is 3.63. The number of hydrogen-bond acceptors (Lipinski definition) is 3. The molecular formula is C15H17FN2S. The van der Waals surface area contributed by atoms with E-state index in [1.807, 2.05) is 0 Å². The van der Waals surface area contributed by atoms with Crippen molar-refractivity contribution >= 4 is 17.0 Å². The topological polar surface area (TPSA) is 29.3 Å². The van der Waals surface area contributed by atoms with Crippen LogP contribution < -0.4 is 5.73 Å². The Hall–Kier alpha value is -1.39. The second kappa shape index (κ2) is 5.31. The molecule has 0 saturated heterocycles. The van der Waals surface area contributed by atoms with Crippen LogP contribution >= 0.6 is 11.3 Å². The molecule has 1 aliphatic carbocycles. The molecule has 0 aliphatic heterocycles. The van der Waals surface area contributed by atoms with Gasteiger partial charge in [-0.15, -0.1) is 0 Å². The van der Waals surface area contributed by atoms with Gasteiger partial charge in [0.25, 0.3) is 0 Å². The number of hydrogen-bond donors (Lipinski definition) is 1. The summed E-state index contributed by atoms with van der Waals surface area (Å²) in [5.41, 5.74) is 8.81. The number of benzene rings is 1. The van der Waals surface area contributed by atoms with Crippen LogP contribution in [-0.4, -0.2) is 10.9 Å². The summed E-state index contributed by atoms with van der Waals surface area (Å²) >= 11 is 1.72. The van der Waals surface area contributed by atoms with Crippen LogP contribution in [0.15, 0.2) is 35.0 Å². The molecule has 100 valence electrons. The van der Waals surface area contributed by atoms with Gasteiger partial charge in [0.15, 0.2) is 0 Å². The molecule has 1 saturated carbocycles. The van der Waals surface area contributed by atoms with Crippen molar-refractivity contribution in [3.63, 3.8) is 0 Å². The molecule has 1 heterocycles. The zero-order chi connectivity index (χ0) is 13.2. The van der Waals surface area contributed by atoms with Gasteiger partial charge in [0, 0.05) is 24.8 Å². The summed E-state index contributed by atoms with van der Waals surface area (Å²) in [6.45, 7) is 1.75. The molecule has 1 aromatic heterocycles. The van der Waals surface area contributed by atoms with Crippen LogP contribution in [0, 0.1) is 5.82 Å². The Kier molecular flexibility index (Phi) is 3.53. The summed E-state index contributed by atoms with van der Waals surface area (Å²) in [7, 11) is 0. The van der Waals surface area contributed by atoms with E-state index >= 15 is 0 Å². The van der Waals surface area contributed by atoms with Crippen LogP contribution in [0.2, 0.25) is 0 Å². The monoisotopic (exact) mass is 276 g/mol. The summed E-state index contributed by atoms with van der Waals surface area (Å²) in [5.74, 6) is -0.267. The molecule has 2 aromatic rings. The zero-order valence-electron chi connectivity index (χ0n) is 10.7. The fraction of sp³-hybridized carbons (Fsp3) is 0.333. The summed E-state index contributed by atoms with van der Waals surface area (Å²) in [5, 5.41) is 4.29. The maximum Gasteiger partial charge on any atom is 0.125 e. The zero-order valence-corrected chi connectivity index (χ0v) is 11.5. The summed E-state index contributed by atoms with van der Waals surface area (Å²) in [6, 6.07) is 7.51. The minimum Gasteiger partial charge on any atom is -0.398 e. The molecule has 0 bridgehead atoms. The molecule has 1 aromatic carbocycles. The van der Waals surface area contributed by atoms with Crippen LogP contribution in [0.5, 0.6) is 0 Å². The van der Waals surface area contributed by atoms with Crippen molar-refractivity contribution in [2.75, 3.05) is 5.73 Å². The second-order valence-corrected chi connectivity index (χ2v) is 5.89. The minimum absolute atomic E-state index is 0.267. The molecule has 0 radical (unpaired) electrons. The normalized spacial score (nSPS) is 15.1. The van der Waals surface area contributed by atoms with Gasteiger partial charge in [0.2, 0.25) is 0 Å². The van der Waals surface area contributed by atoms with Crippen LogP contribution in [0.3, 0.4) is 0 Å².